The Labute approximate surface area is 388 Å². The van der Waals surface area contributed by atoms with Gasteiger partial charge in [0.2, 0.25) is 15.0 Å². The number of sulfone groups is 1. The lowest BCUT2D eigenvalue weighted by Gasteiger charge is -2.42. The number of carbonyl (C=O) groups excluding carboxylic acids is 1. The number of amides is 1. The fraction of sp³-hybridized carbons (Fsp3) is 0.553. The van der Waals surface area contributed by atoms with Crippen molar-refractivity contribution in [2.24, 2.45) is 0 Å². The van der Waals surface area contributed by atoms with E-state index >= 15 is 0 Å². The fourth-order valence-corrected chi connectivity index (χ4v) is 18.8. The summed E-state index contributed by atoms with van der Waals surface area (Å²) in [6, 6.07) is 5.06. The first-order valence-electron chi connectivity index (χ1n) is 22.5. The Kier molecular flexibility index (Phi) is 12.4. The average Bonchev–Trinajstić information content (AvgIpc) is 3.95. The van der Waals surface area contributed by atoms with Crippen LogP contribution in [0.5, 0.6) is 0 Å². The average molecular weight is 958 g/mol. The number of hydrogen-bond donors (Lipinski definition) is 0. The number of anilines is 1. The first-order valence-corrected chi connectivity index (χ1v) is 32.1. The largest absolute Gasteiger partial charge is 0.444 e. The van der Waals surface area contributed by atoms with E-state index in [0.717, 1.165) is 78.4 Å². The summed E-state index contributed by atoms with van der Waals surface area (Å²) in [7, 11) is -7.17. The molecular formula is C47H63N7O5S3Si2. The Morgan fingerprint density at radius 2 is 1.66 bits per heavy atom. The third-order valence-electron chi connectivity index (χ3n) is 13.1. The van der Waals surface area contributed by atoms with Crippen molar-refractivity contribution < 1.29 is 22.7 Å². The van der Waals surface area contributed by atoms with Gasteiger partial charge in [-0.2, -0.15) is 5.10 Å². The molecule has 0 saturated carbocycles. The summed E-state index contributed by atoms with van der Waals surface area (Å²) in [5.41, 5.74) is 8.44. The van der Waals surface area contributed by atoms with Gasteiger partial charge in [0.15, 0.2) is 0 Å². The number of pyridine rings is 1. The maximum Gasteiger partial charge on any atom is 0.410 e. The van der Waals surface area contributed by atoms with Crippen LogP contribution in [0.1, 0.15) is 80.7 Å². The van der Waals surface area contributed by atoms with Crippen molar-refractivity contribution in [3.63, 3.8) is 0 Å². The highest BCUT2D eigenvalue weighted by Gasteiger charge is 2.46. The van der Waals surface area contributed by atoms with Crippen LogP contribution in [-0.4, -0.2) is 104 Å². The molecule has 2 aliphatic heterocycles. The number of hydrogen-bond acceptors (Lipinski definition) is 12. The van der Waals surface area contributed by atoms with Crippen LogP contribution >= 0.6 is 22.7 Å². The van der Waals surface area contributed by atoms with Crippen LogP contribution in [0, 0.1) is 11.5 Å². The Morgan fingerprint density at radius 3 is 2.27 bits per heavy atom. The van der Waals surface area contributed by atoms with Gasteiger partial charge >= 0.3 is 6.09 Å². The van der Waals surface area contributed by atoms with Crippen LogP contribution < -0.4 is 4.90 Å². The van der Waals surface area contributed by atoms with Crippen LogP contribution in [0.2, 0.25) is 42.3 Å². The van der Waals surface area contributed by atoms with Gasteiger partial charge in [0.05, 0.1) is 39.6 Å². The van der Waals surface area contributed by atoms with E-state index < -0.39 is 31.6 Å². The molecule has 2 atom stereocenters. The second-order valence-electron chi connectivity index (χ2n) is 20.9. The third-order valence-corrected chi connectivity index (χ3v) is 24.0. The minimum Gasteiger partial charge on any atom is -0.444 e. The smallest absolute Gasteiger partial charge is 0.410 e. The van der Waals surface area contributed by atoms with Crippen molar-refractivity contribution in [3.8, 4) is 22.7 Å². The van der Waals surface area contributed by atoms with Gasteiger partial charge in [0.1, 0.15) is 31.1 Å². The number of aromatic nitrogens is 5. The minimum absolute atomic E-state index is 0.105. The zero-order valence-corrected chi connectivity index (χ0v) is 44.1. The summed E-state index contributed by atoms with van der Waals surface area (Å²) < 4.78 is 42.6. The van der Waals surface area contributed by atoms with Gasteiger partial charge in [-0.05, 0) is 68.4 Å². The molecule has 2 saturated heterocycles. The Hall–Kier alpha value is -3.93. The van der Waals surface area contributed by atoms with Crippen molar-refractivity contribution >= 4 is 102 Å². The van der Waals surface area contributed by atoms with Gasteiger partial charge in [-0.1, -0.05) is 67.1 Å². The second-order valence-corrected chi connectivity index (χ2v) is 36.0. The van der Waals surface area contributed by atoms with Crippen molar-refractivity contribution in [1.29, 1.82) is 0 Å². The predicted octanol–water partition coefficient (Wildman–Crippen LogP) is 11.3. The van der Waals surface area contributed by atoms with Crippen LogP contribution in [0.15, 0.2) is 35.1 Å². The van der Waals surface area contributed by atoms with E-state index in [-0.39, 0.29) is 23.3 Å². The summed E-state index contributed by atoms with van der Waals surface area (Å²) in [5.74, 6) is 4.35. The highest BCUT2D eigenvalue weighted by molar-refractivity contribution is 7.90. The summed E-state index contributed by atoms with van der Waals surface area (Å²) >= 11 is 3.12. The normalized spacial score (nSPS) is 17.6. The monoisotopic (exact) mass is 957 g/mol. The molecule has 0 unspecified atom stereocenters. The molecule has 6 aromatic rings. The molecule has 17 heteroatoms. The number of thiophene rings is 2. The first-order chi connectivity index (χ1) is 30.0. The first kappa shape index (κ1) is 46.6. The molecule has 2 bridgehead atoms. The summed E-state index contributed by atoms with van der Waals surface area (Å²) in [4.78, 5) is 32.8. The molecule has 342 valence electrons. The van der Waals surface area contributed by atoms with Crippen LogP contribution in [0.25, 0.3) is 52.5 Å². The number of ether oxygens (including phenoxy) is 2. The fourth-order valence-electron chi connectivity index (χ4n) is 10.1. The molecule has 0 N–H and O–H groups in total. The van der Waals surface area contributed by atoms with Crippen LogP contribution in [-0.2, 0) is 26.0 Å². The molecule has 0 aliphatic carbocycles. The molecule has 2 aliphatic rings. The highest BCUT2D eigenvalue weighted by atomic mass is 32.2. The maximum atomic E-state index is 13.5. The zero-order chi connectivity index (χ0) is 46.3. The minimum atomic E-state index is -3.79. The van der Waals surface area contributed by atoms with E-state index in [9.17, 15) is 13.2 Å². The van der Waals surface area contributed by atoms with Gasteiger partial charge in [-0.25, -0.2) is 27.9 Å². The van der Waals surface area contributed by atoms with Gasteiger partial charge in [0, 0.05) is 77.6 Å². The number of fused-ring (bicyclic) bond motifs is 7. The molecule has 8 rings (SSSR count). The Balaban J connectivity index is 1.33. The van der Waals surface area contributed by atoms with Gasteiger partial charge in [-0.15, -0.1) is 28.2 Å². The summed E-state index contributed by atoms with van der Waals surface area (Å²) in [6.07, 6.45) is 6.25. The van der Waals surface area contributed by atoms with Crippen LogP contribution in [0.4, 0.5) is 10.6 Å². The number of benzene rings is 1. The van der Waals surface area contributed by atoms with Crippen molar-refractivity contribution in [2.45, 2.75) is 147 Å². The predicted molar refractivity (Wildman–Crippen MR) is 269 cm³/mol. The molecule has 64 heavy (non-hydrogen) atoms. The quantitative estimate of drug-likeness (QED) is 0.0535. The van der Waals surface area contributed by atoms with E-state index in [1.54, 1.807) is 11.3 Å². The SMILES string of the molecule is CC(C)[Si](C#Cc1csc2cc3c(cnn3COCC[Si](C)(C)C)c(-c3nccc4c3sc3nc(S(C)(=O)=O)nc(N5C[C@H]6CC[C@@H](C5)N6C(=O)OC(C)(C)C)c34)c12)(C(C)C)C(C)C. The van der Waals surface area contributed by atoms with Crippen molar-refractivity contribution in [1.82, 2.24) is 29.6 Å². The molecule has 0 spiro atoms. The number of piperazine rings is 1. The maximum absolute atomic E-state index is 13.5. The van der Waals surface area contributed by atoms with E-state index in [1.165, 1.54) is 11.3 Å². The van der Waals surface area contributed by atoms with Gasteiger partial charge < -0.3 is 14.4 Å². The topological polar surface area (TPSA) is 133 Å². The van der Waals surface area contributed by atoms with E-state index in [4.69, 9.17) is 29.5 Å². The summed E-state index contributed by atoms with van der Waals surface area (Å²) in [5, 5.41) is 10.5. The number of rotatable bonds is 11. The highest BCUT2D eigenvalue weighted by Crippen LogP contribution is 2.48. The Morgan fingerprint density at radius 1 is 0.984 bits per heavy atom. The number of carbonyl (C=O) groups is 1. The van der Waals surface area contributed by atoms with Crippen molar-refractivity contribution in [3.05, 3.63) is 35.5 Å². The molecule has 2 fully saturated rings. The molecule has 7 heterocycles. The Bertz CT molecular complexity index is 2920. The molecule has 0 radical (unpaired) electrons. The van der Waals surface area contributed by atoms with E-state index in [2.05, 4.69) is 89.0 Å². The number of nitrogens with zero attached hydrogens (tertiary/aromatic N) is 7. The lowest BCUT2D eigenvalue weighted by Crippen LogP contribution is -2.57. The molecule has 12 nitrogen and oxygen atoms in total. The zero-order valence-electron chi connectivity index (χ0n) is 39.6. The molecule has 1 aromatic carbocycles. The second kappa shape index (κ2) is 17.1. The molecule has 5 aromatic heterocycles. The van der Waals surface area contributed by atoms with E-state index in [0.29, 0.717) is 53.7 Å². The third kappa shape index (κ3) is 8.63. The van der Waals surface area contributed by atoms with Gasteiger partial charge in [0.25, 0.3) is 0 Å². The summed E-state index contributed by atoms with van der Waals surface area (Å²) in [6.45, 7) is 28.7. The van der Waals surface area contributed by atoms with E-state index in [1.807, 2.05) is 48.8 Å². The lowest BCUT2D eigenvalue weighted by atomic mass is 9.98. The van der Waals surface area contributed by atoms with Crippen molar-refractivity contribution in [2.75, 3.05) is 30.9 Å². The standard InChI is InChI=1S/C47H63N7O5S3Si2/c1-28(2)64(29(3)4,30(5)6)20-17-31-26-60-37-22-36-35(23-49-53(36)27-58-19-21-63(11,12)13)39(38(31)37)41-42-34(16-18-48-41)40-43(50-45(62(10,56)57)51-44(40)61-42)52-24-32-14-15-33(25-52)54(32)46(55)59-47(7,8)9/h16,18,22-23,26,28-30,32-33H,14-15,19,21,24-25,27H2,1-13H3/t32-,33+. The van der Waals surface area contributed by atoms with Crippen LogP contribution in [0.3, 0.4) is 0 Å². The molecular weight excluding hydrogens is 895 g/mol. The lowest BCUT2D eigenvalue weighted by molar-refractivity contribution is 0.0123. The molecule has 1 amide bonds. The van der Waals surface area contributed by atoms with Gasteiger partial charge in [-0.3, -0.25) is 9.88 Å².